The molecule has 1 amide bonds. The number of hydrogen-bond acceptors (Lipinski definition) is 3. The normalized spacial score (nSPS) is 20.0. The zero-order valence-corrected chi connectivity index (χ0v) is 10.8. The summed E-state index contributed by atoms with van der Waals surface area (Å²) in [6.07, 6.45) is 1.03. The fourth-order valence-electron chi connectivity index (χ4n) is 2.05. The van der Waals surface area contributed by atoms with Crippen LogP contribution < -0.4 is 5.32 Å². The van der Waals surface area contributed by atoms with E-state index >= 15 is 0 Å². The maximum atomic E-state index is 12.3. The number of rotatable bonds is 3. The van der Waals surface area contributed by atoms with Gasteiger partial charge in [-0.2, -0.15) is 0 Å². The van der Waals surface area contributed by atoms with Crippen LogP contribution in [0, 0.1) is 0 Å². The van der Waals surface area contributed by atoms with Crippen LogP contribution in [0.3, 0.4) is 0 Å². The smallest absolute Gasteiger partial charge is 0.265 e. The molecule has 1 aromatic heterocycles. The number of hydrogen-bond donors (Lipinski definition) is 1. The van der Waals surface area contributed by atoms with E-state index in [1.54, 1.807) is 6.07 Å². The van der Waals surface area contributed by atoms with Crippen molar-refractivity contribution < 1.29 is 4.79 Å². The molecule has 1 aliphatic rings. The van der Waals surface area contributed by atoms with Gasteiger partial charge in [-0.05, 0) is 31.3 Å². The fraction of sp³-hybridized carbons (Fsp3) is 0.545. The highest BCUT2D eigenvalue weighted by Gasteiger charge is 2.27. The third-order valence-corrected chi connectivity index (χ3v) is 4.22. The summed E-state index contributed by atoms with van der Waals surface area (Å²) in [5.41, 5.74) is 0. The molecule has 1 saturated heterocycles. The van der Waals surface area contributed by atoms with Gasteiger partial charge in [0.25, 0.3) is 5.91 Å². The summed E-state index contributed by atoms with van der Waals surface area (Å²) in [5.74, 6) is 0.0659. The van der Waals surface area contributed by atoms with Crippen molar-refractivity contribution in [2.24, 2.45) is 0 Å². The van der Waals surface area contributed by atoms with E-state index < -0.39 is 0 Å². The monoisotopic (exact) mass is 258 g/mol. The van der Waals surface area contributed by atoms with Crippen molar-refractivity contribution in [1.82, 2.24) is 10.2 Å². The average Bonchev–Trinajstić information content (AvgIpc) is 2.90. The molecule has 0 bridgehead atoms. The zero-order chi connectivity index (χ0) is 11.5. The van der Waals surface area contributed by atoms with Gasteiger partial charge in [0, 0.05) is 19.1 Å². The van der Waals surface area contributed by atoms with Gasteiger partial charge in [-0.1, -0.05) is 11.6 Å². The molecule has 0 aromatic carbocycles. The first kappa shape index (κ1) is 11.9. The number of amides is 1. The minimum Gasteiger partial charge on any atom is -0.334 e. The third kappa shape index (κ3) is 2.24. The highest BCUT2D eigenvalue weighted by Crippen LogP contribution is 2.25. The Morgan fingerprint density at radius 2 is 2.56 bits per heavy atom. The minimum absolute atomic E-state index is 0.0659. The van der Waals surface area contributed by atoms with Crippen LogP contribution in [0.2, 0.25) is 5.02 Å². The van der Waals surface area contributed by atoms with Gasteiger partial charge in [0.15, 0.2) is 0 Å². The second-order valence-corrected chi connectivity index (χ2v) is 5.16. The lowest BCUT2D eigenvalue weighted by molar-refractivity contribution is 0.0709. The molecule has 1 unspecified atom stereocenters. The number of thiophene rings is 1. The lowest BCUT2D eigenvalue weighted by atomic mass is 10.2. The van der Waals surface area contributed by atoms with Crippen LogP contribution >= 0.6 is 22.9 Å². The third-order valence-electron chi connectivity index (χ3n) is 2.89. The molecule has 3 nitrogen and oxygen atoms in total. The average molecular weight is 259 g/mol. The van der Waals surface area contributed by atoms with Crippen molar-refractivity contribution in [2.75, 3.05) is 19.6 Å². The maximum absolute atomic E-state index is 12.3. The van der Waals surface area contributed by atoms with Crippen LogP contribution in [-0.2, 0) is 0 Å². The van der Waals surface area contributed by atoms with E-state index in [9.17, 15) is 4.79 Å². The minimum atomic E-state index is 0.0659. The number of nitrogens with zero attached hydrogens (tertiary/aromatic N) is 1. The van der Waals surface area contributed by atoms with E-state index in [1.165, 1.54) is 11.3 Å². The van der Waals surface area contributed by atoms with Gasteiger partial charge in [0.05, 0.1) is 5.02 Å². The zero-order valence-electron chi connectivity index (χ0n) is 9.20. The second-order valence-electron chi connectivity index (χ2n) is 3.84. The van der Waals surface area contributed by atoms with Gasteiger partial charge < -0.3 is 10.2 Å². The summed E-state index contributed by atoms with van der Waals surface area (Å²) < 4.78 is 0. The van der Waals surface area contributed by atoms with Crippen molar-refractivity contribution in [3.05, 3.63) is 21.3 Å². The Morgan fingerprint density at radius 1 is 1.75 bits per heavy atom. The number of carbonyl (C=O) groups excluding carboxylic acids is 1. The highest BCUT2D eigenvalue weighted by molar-refractivity contribution is 7.12. The van der Waals surface area contributed by atoms with Gasteiger partial charge in [-0.3, -0.25) is 4.79 Å². The first-order valence-corrected chi connectivity index (χ1v) is 6.74. The predicted molar refractivity (Wildman–Crippen MR) is 67.3 cm³/mol. The Balaban J connectivity index is 2.15. The Kier molecular flexibility index (Phi) is 3.84. The molecule has 0 aliphatic carbocycles. The van der Waals surface area contributed by atoms with Gasteiger partial charge in [-0.25, -0.2) is 0 Å². The van der Waals surface area contributed by atoms with Crippen molar-refractivity contribution in [3.63, 3.8) is 0 Å². The lowest BCUT2D eigenvalue weighted by Gasteiger charge is -2.26. The molecule has 1 aromatic rings. The molecule has 5 heteroatoms. The van der Waals surface area contributed by atoms with Crippen LogP contribution in [-0.4, -0.2) is 36.5 Å². The van der Waals surface area contributed by atoms with Crippen LogP contribution in [0.1, 0.15) is 23.0 Å². The fourth-order valence-corrected chi connectivity index (χ4v) is 3.14. The molecule has 1 atom stereocenters. The molecule has 1 N–H and O–H groups in total. The number of carbonyl (C=O) groups is 1. The standard InChI is InChI=1S/C11H15ClN2OS/c1-2-14(8-3-5-13-7-8)11(15)10-9(12)4-6-16-10/h4,6,8,13H,2-3,5,7H2,1H3. The number of halogens is 1. The first-order chi connectivity index (χ1) is 7.74. The van der Waals surface area contributed by atoms with Gasteiger partial charge in [0.2, 0.25) is 0 Å². The summed E-state index contributed by atoms with van der Waals surface area (Å²) in [6.45, 7) is 4.63. The molecule has 0 saturated carbocycles. The lowest BCUT2D eigenvalue weighted by Crippen LogP contribution is -2.41. The van der Waals surface area contributed by atoms with Crippen LogP contribution in [0.25, 0.3) is 0 Å². The molecule has 0 spiro atoms. The molecular formula is C11H15ClN2OS. The molecular weight excluding hydrogens is 244 g/mol. The molecule has 1 aliphatic heterocycles. The van der Waals surface area contributed by atoms with Crippen molar-refractivity contribution >= 4 is 28.8 Å². The van der Waals surface area contributed by atoms with Crippen molar-refractivity contribution in [3.8, 4) is 0 Å². The largest absolute Gasteiger partial charge is 0.334 e. The van der Waals surface area contributed by atoms with Crippen LogP contribution in [0.5, 0.6) is 0 Å². The van der Waals surface area contributed by atoms with Crippen LogP contribution in [0.15, 0.2) is 11.4 Å². The summed E-state index contributed by atoms with van der Waals surface area (Å²) in [6, 6.07) is 2.09. The highest BCUT2D eigenvalue weighted by atomic mass is 35.5. The topological polar surface area (TPSA) is 32.3 Å². The molecule has 16 heavy (non-hydrogen) atoms. The van der Waals surface area contributed by atoms with Crippen LogP contribution in [0.4, 0.5) is 0 Å². The van der Waals surface area contributed by atoms with Crippen molar-refractivity contribution in [1.29, 1.82) is 0 Å². The predicted octanol–water partition coefficient (Wildman–Crippen LogP) is 2.23. The molecule has 88 valence electrons. The summed E-state index contributed by atoms with van der Waals surface area (Å²) in [5, 5.41) is 5.70. The molecule has 2 heterocycles. The Labute approximate surface area is 104 Å². The number of likely N-dealkylation sites (N-methyl/N-ethyl adjacent to an activating group) is 1. The van der Waals surface area contributed by atoms with E-state index in [-0.39, 0.29) is 5.91 Å². The van der Waals surface area contributed by atoms with E-state index in [1.807, 2.05) is 17.2 Å². The maximum Gasteiger partial charge on any atom is 0.265 e. The van der Waals surface area contributed by atoms with Crippen molar-refractivity contribution in [2.45, 2.75) is 19.4 Å². The first-order valence-electron chi connectivity index (χ1n) is 5.48. The molecule has 2 rings (SSSR count). The van der Waals surface area contributed by atoms with E-state index in [4.69, 9.17) is 11.6 Å². The summed E-state index contributed by atoms with van der Waals surface area (Å²) in [7, 11) is 0. The molecule has 1 fully saturated rings. The van der Waals surface area contributed by atoms with Gasteiger partial charge in [0.1, 0.15) is 4.88 Å². The second kappa shape index (κ2) is 5.17. The SMILES string of the molecule is CCN(C(=O)c1sccc1Cl)C1CCNC1. The van der Waals surface area contributed by atoms with Gasteiger partial charge >= 0.3 is 0 Å². The number of nitrogens with one attached hydrogen (secondary N) is 1. The summed E-state index contributed by atoms with van der Waals surface area (Å²) >= 11 is 7.41. The Bertz CT molecular complexity index is 374. The van der Waals surface area contributed by atoms with Gasteiger partial charge in [-0.15, -0.1) is 11.3 Å². The van der Waals surface area contributed by atoms with E-state index in [2.05, 4.69) is 5.32 Å². The summed E-state index contributed by atoms with van der Waals surface area (Å²) in [4.78, 5) is 14.8. The molecule has 0 radical (unpaired) electrons. The van der Waals surface area contributed by atoms with E-state index in [0.29, 0.717) is 15.9 Å². The van der Waals surface area contributed by atoms with E-state index in [0.717, 1.165) is 26.1 Å². The quantitative estimate of drug-likeness (QED) is 0.902. The Morgan fingerprint density at radius 3 is 3.06 bits per heavy atom. The Hall–Kier alpha value is -0.580.